The zero-order chi connectivity index (χ0) is 12.8. The minimum atomic E-state index is -0.552. The van der Waals surface area contributed by atoms with Crippen molar-refractivity contribution in [2.75, 3.05) is 19.8 Å². The van der Waals surface area contributed by atoms with Crippen molar-refractivity contribution in [3.8, 4) is 0 Å². The van der Waals surface area contributed by atoms with Gasteiger partial charge in [-0.25, -0.2) is 9.59 Å². The number of hydrogen-bond donors (Lipinski definition) is 0. The van der Waals surface area contributed by atoms with Crippen LogP contribution >= 0.6 is 0 Å². The molecule has 1 unspecified atom stereocenters. The van der Waals surface area contributed by atoms with Gasteiger partial charge in [0.1, 0.15) is 12.7 Å². The largest absolute Gasteiger partial charge is 0.463 e. The maximum atomic E-state index is 11.4. The van der Waals surface area contributed by atoms with Gasteiger partial charge in [0.05, 0.1) is 18.8 Å². The predicted octanol–water partition coefficient (Wildman–Crippen LogP) is 0.994. The summed E-state index contributed by atoms with van der Waals surface area (Å²) >= 11 is 0. The molecule has 1 aliphatic rings. The zero-order valence-electron chi connectivity index (χ0n) is 10.0. The summed E-state index contributed by atoms with van der Waals surface area (Å²) in [5, 5.41) is 0. The Hall–Kier alpha value is -1.62. The summed E-state index contributed by atoms with van der Waals surface area (Å²) in [6.07, 6.45) is 1.37. The fraction of sp³-hybridized carbons (Fsp3) is 0.500. The third-order valence-corrected chi connectivity index (χ3v) is 2.05. The molecular formula is C12H16O5. The van der Waals surface area contributed by atoms with Crippen LogP contribution in [0.1, 0.15) is 13.8 Å². The Morgan fingerprint density at radius 3 is 2.59 bits per heavy atom. The number of carbonyl (C=O) groups excluding carboxylic acids is 2. The molecule has 0 aromatic carbocycles. The Labute approximate surface area is 100 Å². The van der Waals surface area contributed by atoms with Crippen LogP contribution in [-0.2, 0) is 23.8 Å². The maximum absolute atomic E-state index is 11.4. The minimum absolute atomic E-state index is 0.0156. The molecule has 1 saturated heterocycles. The van der Waals surface area contributed by atoms with Crippen molar-refractivity contribution in [2.24, 2.45) is 0 Å². The van der Waals surface area contributed by atoms with Crippen LogP contribution in [0.15, 0.2) is 23.8 Å². The molecule has 1 fully saturated rings. The van der Waals surface area contributed by atoms with Crippen LogP contribution in [0.25, 0.3) is 0 Å². The molecule has 17 heavy (non-hydrogen) atoms. The van der Waals surface area contributed by atoms with Crippen molar-refractivity contribution in [3.05, 3.63) is 23.8 Å². The van der Waals surface area contributed by atoms with Crippen LogP contribution < -0.4 is 0 Å². The van der Waals surface area contributed by atoms with Gasteiger partial charge in [-0.3, -0.25) is 0 Å². The molecule has 1 heterocycles. The molecule has 0 spiro atoms. The number of epoxide rings is 1. The predicted molar refractivity (Wildman–Crippen MR) is 60.2 cm³/mol. The smallest absolute Gasteiger partial charge is 0.337 e. The van der Waals surface area contributed by atoms with Crippen LogP contribution in [0.3, 0.4) is 0 Å². The molecular weight excluding hydrogens is 224 g/mol. The van der Waals surface area contributed by atoms with Crippen molar-refractivity contribution in [2.45, 2.75) is 20.0 Å². The van der Waals surface area contributed by atoms with Crippen LogP contribution in [0.2, 0.25) is 0 Å². The highest BCUT2D eigenvalue weighted by molar-refractivity contribution is 5.95. The first-order valence-electron chi connectivity index (χ1n) is 5.37. The molecule has 5 heteroatoms. The molecule has 0 amide bonds. The van der Waals surface area contributed by atoms with Crippen molar-refractivity contribution >= 4 is 11.9 Å². The summed E-state index contributed by atoms with van der Waals surface area (Å²) in [6.45, 7) is 7.94. The molecule has 0 aromatic heterocycles. The summed E-state index contributed by atoms with van der Waals surface area (Å²) in [6, 6.07) is 0. The second-order valence-electron chi connectivity index (χ2n) is 3.63. The Bertz CT molecular complexity index is 352. The van der Waals surface area contributed by atoms with E-state index in [4.69, 9.17) is 14.2 Å². The van der Waals surface area contributed by atoms with Crippen LogP contribution in [0, 0.1) is 0 Å². The van der Waals surface area contributed by atoms with Gasteiger partial charge in [-0.15, -0.1) is 0 Å². The van der Waals surface area contributed by atoms with Crippen molar-refractivity contribution in [3.63, 3.8) is 0 Å². The van der Waals surface area contributed by atoms with Crippen LogP contribution in [0.4, 0.5) is 0 Å². The second-order valence-corrected chi connectivity index (χ2v) is 3.63. The van der Waals surface area contributed by atoms with E-state index < -0.39 is 11.9 Å². The van der Waals surface area contributed by atoms with Crippen molar-refractivity contribution in [1.29, 1.82) is 0 Å². The summed E-state index contributed by atoms with van der Waals surface area (Å²) < 4.78 is 14.6. The second kappa shape index (κ2) is 6.20. The monoisotopic (exact) mass is 240 g/mol. The highest BCUT2D eigenvalue weighted by Crippen LogP contribution is 2.10. The van der Waals surface area contributed by atoms with Gasteiger partial charge < -0.3 is 14.2 Å². The first kappa shape index (κ1) is 13.4. The van der Waals surface area contributed by atoms with Gasteiger partial charge in [-0.05, 0) is 19.9 Å². The van der Waals surface area contributed by atoms with Crippen LogP contribution in [0.5, 0.6) is 0 Å². The lowest BCUT2D eigenvalue weighted by molar-refractivity contribution is -0.139. The molecule has 0 N–H and O–H groups in total. The van der Waals surface area contributed by atoms with Crippen molar-refractivity contribution < 1.29 is 23.8 Å². The molecule has 94 valence electrons. The van der Waals surface area contributed by atoms with Crippen LogP contribution in [-0.4, -0.2) is 37.9 Å². The molecule has 1 atom stereocenters. The first-order chi connectivity index (χ1) is 8.04. The lowest BCUT2D eigenvalue weighted by atomic mass is 10.2. The Balaban J connectivity index is 2.41. The Kier molecular flexibility index (Phi) is 4.90. The standard InChI is InChI=1S/C12H16O5/c1-4-15-11(13)8(2)5-9(3)12(14)17-7-10-6-16-10/h5,10H,3-4,6-7H2,1-2H3/b8-5+. The normalized spacial score (nSPS) is 18.5. The van der Waals surface area contributed by atoms with Gasteiger partial charge in [0.25, 0.3) is 0 Å². The van der Waals surface area contributed by atoms with E-state index in [0.717, 1.165) is 0 Å². The van der Waals surface area contributed by atoms with E-state index in [1.165, 1.54) is 6.08 Å². The van der Waals surface area contributed by atoms with E-state index in [1.807, 2.05) is 0 Å². The van der Waals surface area contributed by atoms with Crippen molar-refractivity contribution in [1.82, 2.24) is 0 Å². The van der Waals surface area contributed by atoms with E-state index in [1.54, 1.807) is 13.8 Å². The highest BCUT2D eigenvalue weighted by Gasteiger charge is 2.24. The fourth-order valence-electron chi connectivity index (χ4n) is 1.05. The molecule has 0 aliphatic carbocycles. The third kappa shape index (κ3) is 4.82. The lowest BCUT2D eigenvalue weighted by Gasteiger charge is -2.04. The molecule has 0 aromatic rings. The number of esters is 2. The van der Waals surface area contributed by atoms with E-state index in [0.29, 0.717) is 18.8 Å². The molecule has 0 saturated carbocycles. The average molecular weight is 240 g/mol. The lowest BCUT2D eigenvalue weighted by Crippen LogP contribution is -2.12. The Morgan fingerprint density at radius 2 is 2.06 bits per heavy atom. The van der Waals surface area contributed by atoms with Gasteiger partial charge in [0.2, 0.25) is 0 Å². The average Bonchev–Trinajstić information content (AvgIpc) is 3.09. The summed E-state index contributed by atoms with van der Waals surface area (Å²) in [4.78, 5) is 22.7. The SMILES string of the molecule is C=C(/C=C(\C)C(=O)OCC)C(=O)OCC1CO1. The summed E-state index contributed by atoms with van der Waals surface area (Å²) in [5.74, 6) is -1.02. The highest BCUT2D eigenvalue weighted by atomic mass is 16.6. The fourth-order valence-corrected chi connectivity index (χ4v) is 1.05. The zero-order valence-corrected chi connectivity index (χ0v) is 10.0. The van der Waals surface area contributed by atoms with Gasteiger partial charge in [-0.2, -0.15) is 0 Å². The molecule has 5 nitrogen and oxygen atoms in total. The van der Waals surface area contributed by atoms with Gasteiger partial charge in [0.15, 0.2) is 0 Å². The summed E-state index contributed by atoms with van der Waals surface area (Å²) in [5.41, 5.74) is 0.438. The molecule has 0 radical (unpaired) electrons. The van der Waals surface area contributed by atoms with Gasteiger partial charge in [-0.1, -0.05) is 6.58 Å². The number of ether oxygens (including phenoxy) is 3. The Morgan fingerprint density at radius 1 is 1.41 bits per heavy atom. The van der Waals surface area contributed by atoms with E-state index in [-0.39, 0.29) is 18.3 Å². The minimum Gasteiger partial charge on any atom is -0.463 e. The maximum Gasteiger partial charge on any atom is 0.337 e. The summed E-state index contributed by atoms with van der Waals surface area (Å²) in [7, 11) is 0. The number of rotatable bonds is 6. The van der Waals surface area contributed by atoms with E-state index in [9.17, 15) is 9.59 Å². The van der Waals surface area contributed by atoms with Gasteiger partial charge >= 0.3 is 11.9 Å². The topological polar surface area (TPSA) is 65.1 Å². The molecule has 1 aliphatic heterocycles. The van der Waals surface area contributed by atoms with Gasteiger partial charge in [0, 0.05) is 5.57 Å². The first-order valence-corrected chi connectivity index (χ1v) is 5.37. The van der Waals surface area contributed by atoms with E-state index in [2.05, 4.69) is 6.58 Å². The molecule has 0 bridgehead atoms. The third-order valence-electron chi connectivity index (χ3n) is 2.05. The van der Waals surface area contributed by atoms with E-state index >= 15 is 0 Å². The number of hydrogen-bond acceptors (Lipinski definition) is 5. The molecule has 1 rings (SSSR count). The number of carbonyl (C=O) groups is 2. The quantitative estimate of drug-likeness (QED) is 0.300.